The van der Waals surface area contributed by atoms with E-state index in [1.54, 1.807) is 0 Å². The second-order valence-corrected chi connectivity index (χ2v) is 4.02. The van der Waals surface area contributed by atoms with E-state index in [1.165, 1.54) is 23.3 Å². The molecule has 1 fully saturated rings. The SMILES string of the molecule is O=C(c1cc(O)ccc1Cl)N1CCCCO1. The molecule has 1 aromatic carbocycles. The van der Waals surface area contributed by atoms with Gasteiger partial charge < -0.3 is 5.11 Å². The zero-order valence-corrected chi connectivity index (χ0v) is 9.41. The molecule has 1 saturated heterocycles. The molecule has 86 valence electrons. The first-order valence-corrected chi connectivity index (χ1v) is 5.49. The van der Waals surface area contributed by atoms with Crippen molar-refractivity contribution in [1.82, 2.24) is 5.06 Å². The van der Waals surface area contributed by atoms with Crippen LogP contribution in [0.25, 0.3) is 0 Å². The molecule has 0 saturated carbocycles. The van der Waals surface area contributed by atoms with E-state index in [9.17, 15) is 9.90 Å². The summed E-state index contributed by atoms with van der Waals surface area (Å²) in [7, 11) is 0. The summed E-state index contributed by atoms with van der Waals surface area (Å²) in [6.45, 7) is 1.10. The fourth-order valence-electron chi connectivity index (χ4n) is 1.57. The Kier molecular flexibility index (Phi) is 3.31. The van der Waals surface area contributed by atoms with Gasteiger partial charge in [-0.3, -0.25) is 9.63 Å². The molecule has 4 nitrogen and oxygen atoms in total. The van der Waals surface area contributed by atoms with E-state index < -0.39 is 0 Å². The minimum Gasteiger partial charge on any atom is -0.508 e. The number of halogens is 1. The van der Waals surface area contributed by atoms with Gasteiger partial charge in [-0.2, -0.15) is 0 Å². The smallest absolute Gasteiger partial charge is 0.279 e. The van der Waals surface area contributed by atoms with Gasteiger partial charge in [0.15, 0.2) is 0 Å². The van der Waals surface area contributed by atoms with Gasteiger partial charge in [0.05, 0.1) is 17.2 Å². The number of amides is 1. The first-order valence-electron chi connectivity index (χ1n) is 5.12. The number of hydrogen-bond acceptors (Lipinski definition) is 3. The summed E-state index contributed by atoms with van der Waals surface area (Å²) < 4.78 is 0. The molecular weight excluding hydrogens is 230 g/mol. The number of rotatable bonds is 1. The van der Waals surface area contributed by atoms with Crippen molar-refractivity contribution in [3.63, 3.8) is 0 Å². The zero-order valence-electron chi connectivity index (χ0n) is 8.65. The molecule has 0 bridgehead atoms. The molecule has 0 aromatic heterocycles. The lowest BCUT2D eigenvalue weighted by atomic mass is 10.2. The molecule has 1 aliphatic rings. The zero-order chi connectivity index (χ0) is 11.5. The van der Waals surface area contributed by atoms with Crippen molar-refractivity contribution in [2.24, 2.45) is 0 Å². The third kappa shape index (κ3) is 2.28. The number of hydrogen-bond donors (Lipinski definition) is 1. The van der Waals surface area contributed by atoms with Crippen molar-refractivity contribution in [3.05, 3.63) is 28.8 Å². The topological polar surface area (TPSA) is 49.8 Å². The normalized spacial score (nSPS) is 16.2. The summed E-state index contributed by atoms with van der Waals surface area (Å²) in [6, 6.07) is 4.28. The largest absolute Gasteiger partial charge is 0.508 e. The lowest BCUT2D eigenvalue weighted by Gasteiger charge is -2.26. The van der Waals surface area contributed by atoms with Crippen molar-refractivity contribution in [2.45, 2.75) is 12.8 Å². The summed E-state index contributed by atoms with van der Waals surface area (Å²) in [6.07, 6.45) is 1.87. The fraction of sp³-hybridized carbons (Fsp3) is 0.364. The minimum atomic E-state index is -0.305. The Morgan fingerprint density at radius 3 is 2.94 bits per heavy atom. The third-order valence-corrected chi connectivity index (χ3v) is 2.74. The maximum Gasteiger partial charge on any atom is 0.279 e. The van der Waals surface area contributed by atoms with E-state index in [-0.39, 0.29) is 17.2 Å². The average Bonchev–Trinajstić information content (AvgIpc) is 2.32. The molecular formula is C11H12ClNO3. The van der Waals surface area contributed by atoms with Gasteiger partial charge in [-0.1, -0.05) is 11.6 Å². The Morgan fingerprint density at radius 1 is 1.44 bits per heavy atom. The highest BCUT2D eigenvalue weighted by molar-refractivity contribution is 6.33. The van der Waals surface area contributed by atoms with Crippen LogP contribution in [0, 0.1) is 0 Å². The lowest BCUT2D eigenvalue weighted by Crippen LogP contribution is -2.35. The summed E-state index contributed by atoms with van der Waals surface area (Å²) >= 11 is 5.90. The molecule has 2 rings (SSSR count). The Morgan fingerprint density at radius 2 is 2.25 bits per heavy atom. The van der Waals surface area contributed by atoms with Crippen LogP contribution in [-0.4, -0.2) is 29.2 Å². The molecule has 0 spiro atoms. The van der Waals surface area contributed by atoms with Gasteiger partial charge in [-0.05, 0) is 31.0 Å². The van der Waals surface area contributed by atoms with Crippen LogP contribution in [-0.2, 0) is 4.84 Å². The van der Waals surface area contributed by atoms with E-state index in [1.807, 2.05) is 0 Å². The Bertz CT molecular complexity index is 402. The molecule has 0 atom stereocenters. The van der Waals surface area contributed by atoms with Crippen molar-refractivity contribution in [2.75, 3.05) is 13.2 Å². The second-order valence-electron chi connectivity index (χ2n) is 3.61. The molecule has 1 N–H and O–H groups in total. The number of hydroxylamine groups is 2. The van der Waals surface area contributed by atoms with Crippen LogP contribution in [0.15, 0.2) is 18.2 Å². The van der Waals surface area contributed by atoms with Crippen LogP contribution in [0.2, 0.25) is 5.02 Å². The lowest BCUT2D eigenvalue weighted by molar-refractivity contribution is -0.144. The van der Waals surface area contributed by atoms with Gasteiger partial charge in [0.25, 0.3) is 5.91 Å². The minimum absolute atomic E-state index is 0.0183. The standard InChI is InChI=1S/C11H12ClNO3/c12-10-4-3-8(14)7-9(10)11(15)13-5-1-2-6-16-13/h3-4,7,14H,1-2,5-6H2. The van der Waals surface area contributed by atoms with E-state index in [0.717, 1.165) is 12.8 Å². The molecule has 1 heterocycles. The highest BCUT2D eigenvalue weighted by atomic mass is 35.5. The Labute approximate surface area is 98.3 Å². The summed E-state index contributed by atoms with van der Waals surface area (Å²) in [5.41, 5.74) is 0.267. The third-order valence-electron chi connectivity index (χ3n) is 2.41. The Hall–Kier alpha value is -1.26. The van der Waals surface area contributed by atoms with E-state index in [2.05, 4.69) is 0 Å². The predicted octanol–water partition coefficient (Wildman–Crippen LogP) is 2.21. The molecule has 1 amide bonds. The van der Waals surface area contributed by atoms with Crippen molar-refractivity contribution in [3.8, 4) is 5.75 Å². The van der Waals surface area contributed by atoms with Crippen LogP contribution >= 0.6 is 11.6 Å². The molecule has 0 radical (unpaired) electrons. The number of aromatic hydroxyl groups is 1. The second kappa shape index (κ2) is 4.72. The molecule has 1 aromatic rings. The first kappa shape index (κ1) is 11.2. The summed E-state index contributed by atoms with van der Waals surface area (Å²) in [5, 5.41) is 10.9. The maximum atomic E-state index is 12.0. The molecule has 1 aliphatic heterocycles. The number of nitrogens with zero attached hydrogens (tertiary/aromatic N) is 1. The number of carbonyl (C=O) groups is 1. The van der Waals surface area contributed by atoms with Crippen molar-refractivity contribution >= 4 is 17.5 Å². The monoisotopic (exact) mass is 241 g/mol. The highest BCUT2D eigenvalue weighted by Crippen LogP contribution is 2.23. The van der Waals surface area contributed by atoms with Crippen LogP contribution in [0.5, 0.6) is 5.75 Å². The maximum absolute atomic E-state index is 12.0. The predicted molar refractivity (Wildman–Crippen MR) is 59.3 cm³/mol. The van der Waals surface area contributed by atoms with E-state index >= 15 is 0 Å². The van der Waals surface area contributed by atoms with Crippen LogP contribution in [0.3, 0.4) is 0 Å². The van der Waals surface area contributed by atoms with Crippen LogP contribution in [0.4, 0.5) is 0 Å². The van der Waals surface area contributed by atoms with Gasteiger partial charge >= 0.3 is 0 Å². The van der Waals surface area contributed by atoms with E-state index in [0.29, 0.717) is 18.2 Å². The Balaban J connectivity index is 2.22. The fourth-order valence-corrected chi connectivity index (χ4v) is 1.77. The summed E-state index contributed by atoms with van der Waals surface area (Å²) in [4.78, 5) is 17.2. The first-order chi connectivity index (χ1) is 7.68. The number of phenols is 1. The van der Waals surface area contributed by atoms with Gasteiger partial charge in [-0.25, -0.2) is 5.06 Å². The number of benzene rings is 1. The number of phenolic OH excluding ortho intramolecular Hbond substituents is 1. The van der Waals surface area contributed by atoms with Gasteiger partial charge in [0.1, 0.15) is 5.75 Å². The molecule has 16 heavy (non-hydrogen) atoms. The highest BCUT2D eigenvalue weighted by Gasteiger charge is 2.21. The van der Waals surface area contributed by atoms with Gasteiger partial charge in [-0.15, -0.1) is 0 Å². The van der Waals surface area contributed by atoms with E-state index in [4.69, 9.17) is 16.4 Å². The van der Waals surface area contributed by atoms with Crippen molar-refractivity contribution in [1.29, 1.82) is 0 Å². The van der Waals surface area contributed by atoms with Crippen LogP contribution < -0.4 is 0 Å². The average molecular weight is 242 g/mol. The molecule has 5 heteroatoms. The number of carbonyl (C=O) groups excluding carboxylic acids is 1. The van der Waals surface area contributed by atoms with Gasteiger partial charge in [0.2, 0.25) is 0 Å². The summed E-state index contributed by atoms with van der Waals surface area (Å²) in [5.74, 6) is -0.287. The van der Waals surface area contributed by atoms with Crippen LogP contribution in [0.1, 0.15) is 23.2 Å². The molecule has 0 aliphatic carbocycles. The van der Waals surface area contributed by atoms with Gasteiger partial charge in [0, 0.05) is 6.54 Å². The molecule has 0 unspecified atom stereocenters. The quantitative estimate of drug-likeness (QED) is 0.820. The van der Waals surface area contributed by atoms with Crippen molar-refractivity contribution < 1.29 is 14.7 Å².